The van der Waals surface area contributed by atoms with Crippen molar-refractivity contribution in [1.82, 2.24) is 5.32 Å². The quantitative estimate of drug-likeness (QED) is 0.816. The third kappa shape index (κ3) is 5.50. The van der Waals surface area contributed by atoms with Crippen molar-refractivity contribution in [3.05, 3.63) is 35.6 Å². The van der Waals surface area contributed by atoms with Gasteiger partial charge < -0.3 is 11.1 Å². The molecule has 19 heavy (non-hydrogen) atoms. The lowest BCUT2D eigenvalue weighted by Gasteiger charge is -2.17. The molecule has 1 atom stereocenters. The molecule has 0 heterocycles. The van der Waals surface area contributed by atoms with Gasteiger partial charge in [-0.2, -0.15) is 0 Å². The van der Waals surface area contributed by atoms with E-state index in [0.29, 0.717) is 12.0 Å². The molecular weight excluding hydrogens is 247 g/mol. The first-order chi connectivity index (χ1) is 8.88. The van der Waals surface area contributed by atoms with Gasteiger partial charge in [0.1, 0.15) is 11.9 Å². The van der Waals surface area contributed by atoms with Crippen LogP contribution in [-0.2, 0) is 16.0 Å². The zero-order valence-electron chi connectivity index (χ0n) is 11.2. The van der Waals surface area contributed by atoms with Crippen molar-refractivity contribution < 1.29 is 14.0 Å². The van der Waals surface area contributed by atoms with Gasteiger partial charge in [-0.3, -0.25) is 9.59 Å². The Balaban J connectivity index is 2.57. The van der Waals surface area contributed by atoms with Crippen LogP contribution in [0.15, 0.2) is 24.3 Å². The molecule has 0 aromatic heterocycles. The van der Waals surface area contributed by atoms with Crippen LogP contribution in [0.2, 0.25) is 0 Å². The Morgan fingerprint density at radius 1 is 1.26 bits per heavy atom. The van der Waals surface area contributed by atoms with Crippen LogP contribution < -0.4 is 11.1 Å². The van der Waals surface area contributed by atoms with Crippen molar-refractivity contribution in [1.29, 1.82) is 0 Å². The van der Waals surface area contributed by atoms with E-state index in [-0.39, 0.29) is 24.1 Å². The molecule has 0 unspecified atom stereocenters. The molecule has 5 heteroatoms. The lowest BCUT2D eigenvalue weighted by atomic mass is 10.0. The number of amides is 2. The maximum Gasteiger partial charge on any atom is 0.240 e. The number of hydrogen-bond donors (Lipinski definition) is 2. The molecule has 0 fully saturated rings. The van der Waals surface area contributed by atoms with Gasteiger partial charge in [0.15, 0.2) is 0 Å². The predicted molar refractivity (Wildman–Crippen MR) is 70.7 cm³/mol. The van der Waals surface area contributed by atoms with Gasteiger partial charge in [-0.05, 0) is 30.0 Å². The Kier molecular flexibility index (Phi) is 5.48. The molecule has 1 aromatic carbocycles. The number of nitrogens with two attached hydrogens (primary N) is 1. The number of hydrogen-bond acceptors (Lipinski definition) is 2. The molecule has 104 valence electrons. The minimum absolute atomic E-state index is 0.0994. The highest BCUT2D eigenvalue weighted by molar-refractivity contribution is 5.87. The van der Waals surface area contributed by atoms with E-state index in [2.05, 4.69) is 5.32 Å². The molecule has 1 aromatic rings. The molecule has 0 radical (unpaired) electrons. The highest BCUT2D eigenvalue weighted by Crippen LogP contribution is 2.06. The maximum absolute atomic E-state index is 12.7. The largest absolute Gasteiger partial charge is 0.368 e. The van der Waals surface area contributed by atoms with Crippen LogP contribution in [0.4, 0.5) is 4.39 Å². The molecule has 3 N–H and O–H groups in total. The number of carbonyl (C=O) groups excluding carboxylic acids is 2. The maximum atomic E-state index is 12.7. The minimum Gasteiger partial charge on any atom is -0.368 e. The summed E-state index contributed by atoms with van der Waals surface area (Å²) >= 11 is 0. The normalized spacial score (nSPS) is 12.2. The third-order valence-electron chi connectivity index (χ3n) is 2.66. The van der Waals surface area contributed by atoms with Crippen LogP contribution in [0.3, 0.4) is 0 Å². The van der Waals surface area contributed by atoms with E-state index in [1.54, 1.807) is 0 Å². The van der Waals surface area contributed by atoms with Gasteiger partial charge >= 0.3 is 0 Å². The fraction of sp³-hybridized carbons (Fsp3) is 0.429. The summed E-state index contributed by atoms with van der Waals surface area (Å²) in [5, 5.41) is 2.60. The van der Waals surface area contributed by atoms with Crippen molar-refractivity contribution in [2.45, 2.75) is 32.7 Å². The number of nitrogens with one attached hydrogen (secondary N) is 1. The van der Waals surface area contributed by atoms with E-state index in [1.807, 2.05) is 13.8 Å². The van der Waals surface area contributed by atoms with Crippen LogP contribution in [0.5, 0.6) is 0 Å². The van der Waals surface area contributed by atoms with Crippen molar-refractivity contribution in [3.8, 4) is 0 Å². The van der Waals surface area contributed by atoms with E-state index in [1.165, 1.54) is 24.3 Å². The lowest BCUT2D eigenvalue weighted by Crippen LogP contribution is -2.45. The number of primary amides is 1. The highest BCUT2D eigenvalue weighted by Gasteiger charge is 2.19. The van der Waals surface area contributed by atoms with Crippen LogP contribution in [0.25, 0.3) is 0 Å². The molecular formula is C14H19FN2O2. The third-order valence-corrected chi connectivity index (χ3v) is 2.66. The Hall–Kier alpha value is -1.91. The first-order valence-electron chi connectivity index (χ1n) is 6.21. The van der Waals surface area contributed by atoms with E-state index in [0.717, 1.165) is 0 Å². The minimum atomic E-state index is -0.659. The van der Waals surface area contributed by atoms with Gasteiger partial charge in [0, 0.05) is 0 Å². The summed E-state index contributed by atoms with van der Waals surface area (Å²) in [5.74, 6) is -0.931. The van der Waals surface area contributed by atoms with Crippen molar-refractivity contribution >= 4 is 11.8 Å². The smallest absolute Gasteiger partial charge is 0.240 e. The van der Waals surface area contributed by atoms with Crippen molar-refractivity contribution in [2.24, 2.45) is 11.7 Å². The molecule has 0 bridgehead atoms. The molecule has 2 amide bonds. The zero-order valence-corrected chi connectivity index (χ0v) is 11.2. The Morgan fingerprint density at radius 2 is 1.84 bits per heavy atom. The standard InChI is InChI=1S/C14H19FN2O2/c1-9(2)7-12(14(16)19)17-13(18)8-10-3-5-11(15)6-4-10/h3-6,9,12H,7-8H2,1-2H3,(H2,16,19)(H,17,18)/t12-/m1/s1. The molecule has 0 saturated carbocycles. The summed E-state index contributed by atoms with van der Waals surface area (Å²) in [6.07, 6.45) is 0.604. The molecule has 0 aliphatic heterocycles. The monoisotopic (exact) mass is 266 g/mol. The van der Waals surface area contributed by atoms with Gasteiger partial charge in [0.25, 0.3) is 0 Å². The zero-order chi connectivity index (χ0) is 14.4. The first kappa shape index (κ1) is 15.1. The van der Waals surface area contributed by atoms with Crippen LogP contribution in [0, 0.1) is 11.7 Å². The van der Waals surface area contributed by atoms with Crippen LogP contribution >= 0.6 is 0 Å². The number of benzene rings is 1. The Labute approximate surface area is 112 Å². The van der Waals surface area contributed by atoms with E-state index >= 15 is 0 Å². The predicted octanol–water partition coefficient (Wildman–Crippen LogP) is 1.38. The van der Waals surface area contributed by atoms with E-state index < -0.39 is 11.9 Å². The fourth-order valence-electron chi connectivity index (χ4n) is 1.75. The summed E-state index contributed by atoms with van der Waals surface area (Å²) < 4.78 is 12.7. The molecule has 0 spiro atoms. The molecule has 1 rings (SSSR count). The van der Waals surface area contributed by atoms with Gasteiger partial charge in [-0.15, -0.1) is 0 Å². The van der Waals surface area contributed by atoms with Crippen LogP contribution in [-0.4, -0.2) is 17.9 Å². The first-order valence-corrected chi connectivity index (χ1v) is 6.21. The molecule has 0 aliphatic carbocycles. The second-order valence-electron chi connectivity index (χ2n) is 4.96. The van der Waals surface area contributed by atoms with Crippen molar-refractivity contribution in [2.75, 3.05) is 0 Å². The van der Waals surface area contributed by atoms with E-state index in [4.69, 9.17) is 5.73 Å². The molecule has 4 nitrogen and oxygen atoms in total. The summed E-state index contributed by atoms with van der Waals surface area (Å²) in [6.45, 7) is 3.89. The molecule has 0 saturated heterocycles. The van der Waals surface area contributed by atoms with Gasteiger partial charge in [-0.1, -0.05) is 26.0 Å². The summed E-state index contributed by atoms with van der Waals surface area (Å²) in [5.41, 5.74) is 5.93. The molecule has 0 aliphatic rings. The lowest BCUT2D eigenvalue weighted by molar-refractivity contribution is -0.127. The summed E-state index contributed by atoms with van der Waals surface area (Å²) in [4.78, 5) is 23.0. The topological polar surface area (TPSA) is 72.2 Å². The highest BCUT2D eigenvalue weighted by atomic mass is 19.1. The average Bonchev–Trinajstić information content (AvgIpc) is 2.30. The Bertz CT molecular complexity index is 443. The second kappa shape index (κ2) is 6.87. The summed E-state index contributed by atoms with van der Waals surface area (Å²) in [6, 6.07) is 5.01. The Morgan fingerprint density at radius 3 is 2.32 bits per heavy atom. The fourth-order valence-corrected chi connectivity index (χ4v) is 1.75. The number of carbonyl (C=O) groups is 2. The SMILES string of the molecule is CC(C)C[C@@H](NC(=O)Cc1ccc(F)cc1)C(N)=O. The average molecular weight is 266 g/mol. The van der Waals surface area contributed by atoms with Gasteiger partial charge in [0.2, 0.25) is 11.8 Å². The van der Waals surface area contributed by atoms with E-state index in [9.17, 15) is 14.0 Å². The van der Waals surface area contributed by atoms with Gasteiger partial charge in [-0.25, -0.2) is 4.39 Å². The van der Waals surface area contributed by atoms with Crippen LogP contribution in [0.1, 0.15) is 25.8 Å². The van der Waals surface area contributed by atoms with Gasteiger partial charge in [0.05, 0.1) is 6.42 Å². The number of rotatable bonds is 6. The summed E-state index contributed by atoms with van der Waals surface area (Å²) in [7, 11) is 0. The second-order valence-corrected chi connectivity index (χ2v) is 4.96. The number of halogens is 1. The van der Waals surface area contributed by atoms with Crippen molar-refractivity contribution in [3.63, 3.8) is 0 Å².